The van der Waals surface area contributed by atoms with Gasteiger partial charge in [0.2, 0.25) is 5.91 Å². The van der Waals surface area contributed by atoms with Gasteiger partial charge in [-0.15, -0.1) is 22.0 Å². The van der Waals surface area contributed by atoms with Crippen molar-refractivity contribution < 1.29 is 9.72 Å². The van der Waals surface area contributed by atoms with Gasteiger partial charge in [-0.05, 0) is 37.1 Å². The molecule has 1 aromatic carbocycles. The number of piperidine rings is 1. The van der Waals surface area contributed by atoms with E-state index in [1.807, 2.05) is 33.7 Å². The van der Waals surface area contributed by atoms with E-state index in [1.54, 1.807) is 12.1 Å². The van der Waals surface area contributed by atoms with Crippen LogP contribution in [0.1, 0.15) is 24.6 Å². The lowest BCUT2D eigenvalue weighted by molar-refractivity contribution is -0.384. The fourth-order valence-corrected chi connectivity index (χ4v) is 4.23. The van der Waals surface area contributed by atoms with Gasteiger partial charge in [0.05, 0.1) is 10.7 Å². The summed E-state index contributed by atoms with van der Waals surface area (Å²) < 4.78 is 2.02. The van der Waals surface area contributed by atoms with Gasteiger partial charge in [0.1, 0.15) is 5.82 Å². The van der Waals surface area contributed by atoms with Crippen LogP contribution in [0.2, 0.25) is 0 Å². The molecule has 144 valence electrons. The quantitative estimate of drug-likeness (QED) is 0.373. The highest BCUT2D eigenvalue weighted by Crippen LogP contribution is 2.28. The van der Waals surface area contributed by atoms with Crippen molar-refractivity contribution in [1.82, 2.24) is 19.5 Å². The maximum absolute atomic E-state index is 12.5. The number of hydrogen-bond acceptors (Lipinski definition) is 6. The highest BCUT2D eigenvalue weighted by atomic mass is 32.2. The molecule has 4 rings (SSSR count). The largest absolute Gasteiger partial charge is 0.342 e. The first-order valence-corrected chi connectivity index (χ1v) is 10.0. The van der Waals surface area contributed by atoms with Crippen molar-refractivity contribution in [3.05, 3.63) is 64.6 Å². The predicted molar refractivity (Wildman–Crippen MR) is 105 cm³/mol. The van der Waals surface area contributed by atoms with Crippen LogP contribution in [-0.4, -0.2) is 49.2 Å². The first-order chi connectivity index (χ1) is 13.6. The summed E-state index contributed by atoms with van der Waals surface area (Å²) in [6.45, 7) is 1.40. The number of benzene rings is 1. The Morgan fingerprint density at radius 3 is 2.61 bits per heavy atom. The Kier molecular flexibility index (Phi) is 5.25. The molecule has 0 aliphatic carbocycles. The minimum absolute atomic E-state index is 0.0544. The normalized spacial score (nSPS) is 15.1. The van der Waals surface area contributed by atoms with Crippen LogP contribution >= 0.6 is 11.8 Å². The van der Waals surface area contributed by atoms with E-state index in [0.29, 0.717) is 24.8 Å². The van der Waals surface area contributed by atoms with Crippen LogP contribution in [0.15, 0.2) is 53.6 Å². The molecule has 0 unspecified atom stereocenters. The van der Waals surface area contributed by atoms with E-state index in [0.717, 1.165) is 29.2 Å². The van der Waals surface area contributed by atoms with E-state index < -0.39 is 4.92 Å². The van der Waals surface area contributed by atoms with Gasteiger partial charge in [0.15, 0.2) is 5.65 Å². The number of thioether (sulfide) groups is 1. The molecule has 3 heterocycles. The van der Waals surface area contributed by atoms with Gasteiger partial charge in [-0.25, -0.2) is 0 Å². The van der Waals surface area contributed by atoms with Crippen molar-refractivity contribution in [2.45, 2.75) is 23.7 Å². The summed E-state index contributed by atoms with van der Waals surface area (Å²) in [4.78, 5) is 25.5. The maximum atomic E-state index is 12.5. The number of likely N-dealkylation sites (tertiary alicyclic amines) is 1. The van der Waals surface area contributed by atoms with Crippen molar-refractivity contribution in [3.8, 4) is 0 Å². The van der Waals surface area contributed by atoms with Gasteiger partial charge in [0.25, 0.3) is 5.69 Å². The standard InChI is InChI=1S/C19H19N5O3S/c25-18(13-28-16-6-4-15(5-7-16)24(26)27)22-11-8-14(9-12-22)19-21-20-17-3-1-2-10-23(17)19/h1-7,10,14H,8-9,11-13H2. The number of fused-ring (bicyclic) bond motifs is 1. The van der Waals surface area contributed by atoms with E-state index >= 15 is 0 Å². The Hall–Kier alpha value is -2.94. The Morgan fingerprint density at radius 1 is 1.14 bits per heavy atom. The van der Waals surface area contributed by atoms with Gasteiger partial charge in [0, 0.05) is 42.2 Å². The number of aromatic nitrogens is 3. The number of amides is 1. The van der Waals surface area contributed by atoms with Crippen LogP contribution in [-0.2, 0) is 4.79 Å². The highest BCUT2D eigenvalue weighted by molar-refractivity contribution is 8.00. The smallest absolute Gasteiger partial charge is 0.269 e. The zero-order valence-corrected chi connectivity index (χ0v) is 15.9. The minimum Gasteiger partial charge on any atom is -0.342 e. The van der Waals surface area contributed by atoms with Gasteiger partial charge in [-0.2, -0.15) is 0 Å². The predicted octanol–water partition coefficient (Wildman–Crippen LogP) is 3.14. The second kappa shape index (κ2) is 7.97. The second-order valence-electron chi connectivity index (χ2n) is 6.68. The van der Waals surface area contributed by atoms with Crippen molar-refractivity contribution >= 4 is 29.0 Å². The third kappa shape index (κ3) is 3.84. The SMILES string of the molecule is O=C(CSc1ccc([N+](=O)[O-])cc1)N1CCC(c2nnc3ccccn23)CC1. The van der Waals surface area contributed by atoms with Gasteiger partial charge < -0.3 is 4.90 Å². The second-order valence-corrected chi connectivity index (χ2v) is 7.73. The molecule has 1 amide bonds. The monoisotopic (exact) mass is 397 g/mol. The minimum atomic E-state index is -0.428. The number of carbonyl (C=O) groups excluding carboxylic acids is 1. The summed E-state index contributed by atoms with van der Waals surface area (Å²) in [7, 11) is 0. The topological polar surface area (TPSA) is 93.6 Å². The molecule has 28 heavy (non-hydrogen) atoms. The van der Waals surface area contributed by atoms with Crippen molar-refractivity contribution in [2.24, 2.45) is 0 Å². The number of rotatable bonds is 5. The number of pyridine rings is 1. The van der Waals surface area contributed by atoms with Gasteiger partial charge >= 0.3 is 0 Å². The molecule has 0 bridgehead atoms. The highest BCUT2D eigenvalue weighted by Gasteiger charge is 2.26. The molecule has 1 aliphatic heterocycles. The number of non-ortho nitro benzene ring substituents is 1. The lowest BCUT2D eigenvalue weighted by Gasteiger charge is -2.31. The fourth-order valence-electron chi connectivity index (χ4n) is 3.43. The average Bonchev–Trinajstić information content (AvgIpc) is 3.16. The zero-order valence-electron chi connectivity index (χ0n) is 15.1. The molecule has 0 N–H and O–H groups in total. The van der Waals surface area contributed by atoms with Crippen LogP contribution in [0.4, 0.5) is 5.69 Å². The van der Waals surface area contributed by atoms with E-state index in [-0.39, 0.29) is 11.6 Å². The Labute approximate surface area is 165 Å². The summed E-state index contributed by atoms with van der Waals surface area (Å²) >= 11 is 1.40. The molecule has 2 aromatic heterocycles. The summed E-state index contributed by atoms with van der Waals surface area (Å²) in [5.41, 5.74) is 0.897. The van der Waals surface area contributed by atoms with Crippen molar-refractivity contribution in [3.63, 3.8) is 0 Å². The van der Waals surface area contributed by atoms with Crippen molar-refractivity contribution in [2.75, 3.05) is 18.8 Å². The number of nitro benzene ring substituents is 1. The van der Waals surface area contributed by atoms with Crippen LogP contribution in [0.25, 0.3) is 5.65 Å². The number of nitrogens with zero attached hydrogens (tertiary/aromatic N) is 5. The third-order valence-electron chi connectivity index (χ3n) is 4.96. The molecule has 9 heteroatoms. The summed E-state index contributed by atoms with van der Waals surface area (Å²) in [6.07, 6.45) is 3.70. The Morgan fingerprint density at radius 2 is 1.89 bits per heavy atom. The van der Waals surface area contributed by atoms with E-state index in [2.05, 4.69) is 10.2 Å². The molecule has 1 saturated heterocycles. The van der Waals surface area contributed by atoms with Gasteiger partial charge in [-0.1, -0.05) is 6.07 Å². The van der Waals surface area contributed by atoms with Crippen LogP contribution < -0.4 is 0 Å². The number of nitro groups is 1. The average molecular weight is 397 g/mol. The summed E-state index contributed by atoms with van der Waals surface area (Å²) in [5, 5.41) is 19.3. The molecule has 1 fully saturated rings. The van der Waals surface area contributed by atoms with Crippen LogP contribution in [0, 0.1) is 10.1 Å². The molecular weight excluding hydrogens is 378 g/mol. The Bertz CT molecular complexity index is 996. The zero-order chi connectivity index (χ0) is 19.5. The first-order valence-electron chi connectivity index (χ1n) is 9.06. The molecule has 0 spiro atoms. The number of hydrogen-bond donors (Lipinski definition) is 0. The molecule has 0 atom stereocenters. The molecule has 8 nitrogen and oxygen atoms in total. The molecule has 3 aromatic rings. The van der Waals surface area contributed by atoms with E-state index in [4.69, 9.17) is 0 Å². The lowest BCUT2D eigenvalue weighted by Crippen LogP contribution is -2.39. The molecule has 0 radical (unpaired) electrons. The Balaban J connectivity index is 1.31. The fraction of sp³-hybridized carbons (Fsp3) is 0.316. The molecular formula is C19H19N5O3S. The van der Waals surface area contributed by atoms with E-state index in [1.165, 1.54) is 23.9 Å². The lowest BCUT2D eigenvalue weighted by atomic mass is 9.96. The third-order valence-corrected chi connectivity index (χ3v) is 5.96. The molecule has 0 saturated carbocycles. The first kappa shape index (κ1) is 18.4. The van der Waals surface area contributed by atoms with Gasteiger partial charge in [-0.3, -0.25) is 19.3 Å². The van der Waals surface area contributed by atoms with Crippen molar-refractivity contribution in [1.29, 1.82) is 0 Å². The maximum Gasteiger partial charge on any atom is 0.269 e. The summed E-state index contributed by atoms with van der Waals surface area (Å²) in [6, 6.07) is 12.1. The van der Waals surface area contributed by atoms with Crippen LogP contribution in [0.5, 0.6) is 0 Å². The summed E-state index contributed by atoms with van der Waals surface area (Å²) in [5.74, 6) is 1.68. The van der Waals surface area contributed by atoms with Crippen LogP contribution in [0.3, 0.4) is 0 Å². The van der Waals surface area contributed by atoms with E-state index in [9.17, 15) is 14.9 Å². The number of carbonyl (C=O) groups is 1. The molecule has 1 aliphatic rings.